The molecule has 122 valence electrons. The van der Waals surface area contributed by atoms with E-state index in [0.717, 1.165) is 0 Å². The first-order chi connectivity index (χ1) is 9.55. The Morgan fingerprint density at radius 1 is 1.19 bits per heavy atom. The summed E-state index contributed by atoms with van der Waals surface area (Å²) in [6, 6.07) is 0. The Kier molecular flexibility index (Phi) is 5.61. The minimum atomic E-state index is -4.52. The molecule has 8 heteroatoms. The van der Waals surface area contributed by atoms with Crippen molar-refractivity contribution in [2.45, 2.75) is 25.9 Å². The molecular formula is C13H22F3N3O2. The fourth-order valence-electron chi connectivity index (χ4n) is 2.29. The van der Waals surface area contributed by atoms with Crippen LogP contribution in [0.15, 0.2) is 0 Å². The summed E-state index contributed by atoms with van der Waals surface area (Å²) < 4.78 is 38.0. The molecule has 0 atom stereocenters. The number of nitrogens with zero attached hydrogens (tertiary/aromatic N) is 2. The molecule has 1 fully saturated rings. The van der Waals surface area contributed by atoms with E-state index < -0.39 is 36.5 Å². The van der Waals surface area contributed by atoms with E-state index >= 15 is 0 Å². The number of hydrogen-bond donors (Lipinski definition) is 1. The summed E-state index contributed by atoms with van der Waals surface area (Å²) in [5.74, 6) is -1.12. The van der Waals surface area contributed by atoms with Crippen LogP contribution in [0.3, 0.4) is 0 Å². The van der Waals surface area contributed by atoms with E-state index in [4.69, 9.17) is 0 Å². The van der Waals surface area contributed by atoms with Gasteiger partial charge in [-0.3, -0.25) is 9.59 Å². The maximum atomic E-state index is 12.7. The van der Waals surface area contributed by atoms with Crippen molar-refractivity contribution in [2.24, 2.45) is 5.41 Å². The third-order valence-electron chi connectivity index (χ3n) is 3.71. The molecule has 0 aromatic carbocycles. The molecule has 0 bridgehead atoms. The molecule has 1 aliphatic rings. The molecule has 1 aliphatic heterocycles. The van der Waals surface area contributed by atoms with Gasteiger partial charge in [0.15, 0.2) is 0 Å². The van der Waals surface area contributed by atoms with Crippen LogP contribution in [0.2, 0.25) is 0 Å². The summed E-state index contributed by atoms with van der Waals surface area (Å²) in [7, 11) is 2.90. The standard InChI is InChI=1S/C13H22F3N3O2/c1-12(4-6-17-7-5-12)11(21)19(9-13(14,15)16)8-10(20)18(2)3/h17H,4-9H2,1-3H3. The Morgan fingerprint density at radius 2 is 1.71 bits per heavy atom. The van der Waals surface area contributed by atoms with Crippen molar-refractivity contribution in [3.05, 3.63) is 0 Å². The Morgan fingerprint density at radius 3 is 2.14 bits per heavy atom. The van der Waals surface area contributed by atoms with Gasteiger partial charge in [0.05, 0.1) is 0 Å². The average Bonchev–Trinajstić information content (AvgIpc) is 2.36. The minimum absolute atomic E-state index is 0.469. The Balaban J connectivity index is 2.88. The third-order valence-corrected chi connectivity index (χ3v) is 3.71. The van der Waals surface area contributed by atoms with E-state index in [9.17, 15) is 22.8 Å². The van der Waals surface area contributed by atoms with Crippen LogP contribution in [0.1, 0.15) is 19.8 Å². The largest absolute Gasteiger partial charge is 0.406 e. The molecular weight excluding hydrogens is 287 g/mol. The van der Waals surface area contributed by atoms with Crippen molar-refractivity contribution >= 4 is 11.8 Å². The zero-order valence-electron chi connectivity index (χ0n) is 12.6. The smallest absolute Gasteiger partial charge is 0.347 e. The van der Waals surface area contributed by atoms with Crippen molar-refractivity contribution < 1.29 is 22.8 Å². The lowest BCUT2D eigenvalue weighted by Crippen LogP contribution is -2.52. The zero-order chi connectivity index (χ0) is 16.3. The van der Waals surface area contributed by atoms with E-state index in [-0.39, 0.29) is 0 Å². The predicted octanol–water partition coefficient (Wildman–Crippen LogP) is 0.855. The first kappa shape index (κ1) is 17.7. The summed E-state index contributed by atoms with van der Waals surface area (Å²) in [6.45, 7) is 0.899. The Hall–Kier alpha value is -1.31. The second-order valence-electron chi connectivity index (χ2n) is 5.88. The number of alkyl halides is 3. The van der Waals surface area contributed by atoms with Gasteiger partial charge in [0, 0.05) is 19.5 Å². The van der Waals surface area contributed by atoms with Crippen molar-refractivity contribution in [3.63, 3.8) is 0 Å². The van der Waals surface area contributed by atoms with Crippen LogP contribution in [-0.2, 0) is 9.59 Å². The fourth-order valence-corrected chi connectivity index (χ4v) is 2.29. The number of amides is 2. The lowest BCUT2D eigenvalue weighted by atomic mass is 9.79. The van der Waals surface area contributed by atoms with Gasteiger partial charge >= 0.3 is 6.18 Å². The molecule has 0 radical (unpaired) electrons. The maximum absolute atomic E-state index is 12.7. The van der Waals surface area contributed by atoms with Gasteiger partial charge in [-0.2, -0.15) is 13.2 Å². The van der Waals surface area contributed by atoms with E-state index in [1.54, 1.807) is 6.92 Å². The molecule has 0 aliphatic carbocycles. The highest BCUT2D eigenvalue weighted by molar-refractivity contribution is 5.87. The van der Waals surface area contributed by atoms with Gasteiger partial charge in [-0.1, -0.05) is 6.92 Å². The van der Waals surface area contributed by atoms with Gasteiger partial charge in [-0.05, 0) is 25.9 Å². The zero-order valence-corrected chi connectivity index (χ0v) is 12.6. The minimum Gasteiger partial charge on any atom is -0.347 e. The van der Waals surface area contributed by atoms with Gasteiger partial charge in [0.1, 0.15) is 13.1 Å². The molecule has 0 saturated carbocycles. The number of rotatable bonds is 4. The van der Waals surface area contributed by atoms with Crippen LogP contribution in [-0.4, -0.2) is 68.1 Å². The molecule has 0 unspecified atom stereocenters. The van der Waals surface area contributed by atoms with E-state index in [1.807, 2.05) is 0 Å². The van der Waals surface area contributed by atoms with Gasteiger partial charge in [0.2, 0.25) is 11.8 Å². The molecule has 1 N–H and O–H groups in total. The van der Waals surface area contributed by atoms with Crippen molar-refractivity contribution in [1.82, 2.24) is 15.1 Å². The lowest BCUT2D eigenvalue weighted by Gasteiger charge is -2.37. The molecule has 0 spiro atoms. The molecule has 0 aromatic rings. The van der Waals surface area contributed by atoms with Gasteiger partial charge < -0.3 is 15.1 Å². The summed E-state index contributed by atoms with van der Waals surface area (Å²) in [5, 5.41) is 3.07. The summed E-state index contributed by atoms with van der Waals surface area (Å²) >= 11 is 0. The number of likely N-dealkylation sites (N-methyl/N-ethyl adjacent to an activating group) is 1. The number of halogens is 3. The van der Waals surface area contributed by atoms with E-state index in [1.165, 1.54) is 19.0 Å². The number of hydrogen-bond acceptors (Lipinski definition) is 3. The second kappa shape index (κ2) is 6.64. The quantitative estimate of drug-likeness (QED) is 0.838. The Bertz CT molecular complexity index is 391. The van der Waals surface area contributed by atoms with Gasteiger partial charge in [0.25, 0.3) is 0 Å². The summed E-state index contributed by atoms with van der Waals surface area (Å²) in [4.78, 5) is 26.0. The molecule has 1 saturated heterocycles. The monoisotopic (exact) mass is 309 g/mol. The van der Waals surface area contributed by atoms with Crippen LogP contribution in [0.25, 0.3) is 0 Å². The number of carbonyl (C=O) groups excluding carboxylic acids is 2. The van der Waals surface area contributed by atoms with Crippen molar-refractivity contribution in [3.8, 4) is 0 Å². The number of carbonyl (C=O) groups is 2. The molecule has 5 nitrogen and oxygen atoms in total. The molecule has 1 rings (SSSR count). The highest BCUT2D eigenvalue weighted by atomic mass is 19.4. The van der Waals surface area contributed by atoms with Crippen LogP contribution in [0.4, 0.5) is 13.2 Å². The number of piperidine rings is 1. The average molecular weight is 309 g/mol. The second-order valence-corrected chi connectivity index (χ2v) is 5.88. The first-order valence-corrected chi connectivity index (χ1v) is 6.82. The number of nitrogens with one attached hydrogen (secondary N) is 1. The molecule has 21 heavy (non-hydrogen) atoms. The van der Waals surface area contributed by atoms with Gasteiger partial charge in [-0.25, -0.2) is 0 Å². The highest BCUT2D eigenvalue weighted by Gasteiger charge is 2.42. The molecule has 2 amide bonds. The summed E-state index contributed by atoms with van der Waals surface area (Å²) in [6.07, 6.45) is -3.59. The first-order valence-electron chi connectivity index (χ1n) is 6.82. The topological polar surface area (TPSA) is 52.7 Å². The molecule has 0 aromatic heterocycles. The van der Waals surface area contributed by atoms with E-state index in [0.29, 0.717) is 30.8 Å². The lowest BCUT2D eigenvalue weighted by molar-refractivity contribution is -0.170. The third kappa shape index (κ3) is 5.18. The van der Waals surface area contributed by atoms with Crippen LogP contribution in [0.5, 0.6) is 0 Å². The van der Waals surface area contributed by atoms with Crippen molar-refractivity contribution in [2.75, 3.05) is 40.3 Å². The van der Waals surface area contributed by atoms with Crippen LogP contribution in [0, 0.1) is 5.41 Å². The van der Waals surface area contributed by atoms with Gasteiger partial charge in [-0.15, -0.1) is 0 Å². The summed E-state index contributed by atoms with van der Waals surface area (Å²) in [5.41, 5.74) is -0.844. The maximum Gasteiger partial charge on any atom is 0.406 e. The predicted molar refractivity (Wildman–Crippen MR) is 71.5 cm³/mol. The van der Waals surface area contributed by atoms with Crippen LogP contribution >= 0.6 is 0 Å². The fraction of sp³-hybridized carbons (Fsp3) is 0.846. The Labute approximate surface area is 122 Å². The SMILES string of the molecule is CN(C)C(=O)CN(CC(F)(F)F)C(=O)C1(C)CCNCC1. The molecule has 1 heterocycles. The van der Waals surface area contributed by atoms with Crippen LogP contribution < -0.4 is 5.32 Å². The highest BCUT2D eigenvalue weighted by Crippen LogP contribution is 2.31. The van der Waals surface area contributed by atoms with Crippen molar-refractivity contribution in [1.29, 1.82) is 0 Å². The van der Waals surface area contributed by atoms with E-state index in [2.05, 4.69) is 5.32 Å². The normalized spacial score (nSPS) is 18.2.